The van der Waals surface area contributed by atoms with E-state index in [-0.39, 0.29) is 11.6 Å². The average molecular weight is 300 g/mol. The monoisotopic (exact) mass is 300 g/mol. The Bertz CT molecular complexity index is 695. The highest BCUT2D eigenvalue weighted by molar-refractivity contribution is 5.77. The van der Waals surface area contributed by atoms with Crippen LogP contribution in [-0.2, 0) is 0 Å². The summed E-state index contributed by atoms with van der Waals surface area (Å²) >= 11 is 0. The quantitative estimate of drug-likeness (QED) is 0.837. The molecule has 3 N–H and O–H groups in total. The van der Waals surface area contributed by atoms with E-state index in [1.807, 2.05) is 26.1 Å². The van der Waals surface area contributed by atoms with Gasteiger partial charge in [0.2, 0.25) is 0 Å². The van der Waals surface area contributed by atoms with Crippen molar-refractivity contribution in [2.75, 3.05) is 12.4 Å². The lowest BCUT2D eigenvalue weighted by atomic mass is 10.0. The van der Waals surface area contributed by atoms with Gasteiger partial charge in [-0.1, -0.05) is 19.1 Å². The van der Waals surface area contributed by atoms with Gasteiger partial charge in [-0.15, -0.1) is 0 Å². The number of para-hydroxylation sites is 1. The van der Waals surface area contributed by atoms with Crippen molar-refractivity contribution in [2.45, 2.75) is 20.3 Å². The van der Waals surface area contributed by atoms with E-state index < -0.39 is 0 Å². The van der Waals surface area contributed by atoms with Gasteiger partial charge in [0.05, 0.1) is 0 Å². The van der Waals surface area contributed by atoms with E-state index >= 15 is 0 Å². The summed E-state index contributed by atoms with van der Waals surface area (Å²) in [6.45, 7) is 4.08. The summed E-state index contributed by atoms with van der Waals surface area (Å²) in [6, 6.07) is 11.8. The van der Waals surface area contributed by atoms with Crippen LogP contribution in [0, 0.1) is 5.82 Å². The number of benzene rings is 2. The molecule has 0 atom stereocenters. The third kappa shape index (κ3) is 3.39. The topological polar surface area (TPSA) is 47.3 Å². The number of hydrogen-bond donors (Lipinski definition) is 2. The Hall–Kier alpha value is -2.49. The van der Waals surface area contributed by atoms with E-state index in [4.69, 9.17) is 10.5 Å². The first-order valence-corrected chi connectivity index (χ1v) is 7.26. The van der Waals surface area contributed by atoms with Crippen LogP contribution in [0.2, 0.25) is 0 Å². The van der Waals surface area contributed by atoms with Crippen LogP contribution in [-0.4, -0.2) is 7.05 Å². The Morgan fingerprint density at radius 1 is 1.23 bits per heavy atom. The van der Waals surface area contributed by atoms with E-state index in [1.165, 1.54) is 6.07 Å². The minimum atomic E-state index is -0.390. The van der Waals surface area contributed by atoms with Crippen LogP contribution in [0.3, 0.4) is 0 Å². The molecule has 0 aliphatic rings. The van der Waals surface area contributed by atoms with Crippen molar-refractivity contribution in [3.05, 3.63) is 59.4 Å². The molecule has 0 radical (unpaired) electrons. The second-order valence-electron chi connectivity index (χ2n) is 5.04. The summed E-state index contributed by atoms with van der Waals surface area (Å²) in [5.74, 6) is 0.365. The number of ether oxygens (including phenoxy) is 1. The molecule has 0 saturated carbocycles. The third-order valence-corrected chi connectivity index (χ3v) is 3.61. The van der Waals surface area contributed by atoms with Crippen molar-refractivity contribution in [3.63, 3.8) is 0 Å². The van der Waals surface area contributed by atoms with Crippen LogP contribution in [0.4, 0.5) is 10.1 Å². The summed E-state index contributed by atoms with van der Waals surface area (Å²) in [5, 5.41) is 3.11. The molecule has 0 bridgehead atoms. The number of allylic oxidation sites excluding steroid dienone is 1. The van der Waals surface area contributed by atoms with Crippen molar-refractivity contribution >= 4 is 11.4 Å². The van der Waals surface area contributed by atoms with Crippen LogP contribution in [0.15, 0.2) is 48.0 Å². The molecule has 0 aliphatic carbocycles. The first-order valence-electron chi connectivity index (χ1n) is 7.26. The van der Waals surface area contributed by atoms with Gasteiger partial charge >= 0.3 is 0 Å². The highest BCUT2D eigenvalue weighted by atomic mass is 19.1. The molecule has 0 saturated heterocycles. The molecule has 22 heavy (non-hydrogen) atoms. The minimum absolute atomic E-state index is 0.200. The molecular weight excluding hydrogens is 279 g/mol. The molecule has 0 spiro atoms. The summed E-state index contributed by atoms with van der Waals surface area (Å²) in [6.07, 6.45) is 0.891. The molecule has 2 rings (SSSR count). The van der Waals surface area contributed by atoms with Crippen molar-refractivity contribution in [1.82, 2.24) is 0 Å². The lowest BCUT2D eigenvalue weighted by Gasteiger charge is -2.14. The Labute approximate surface area is 130 Å². The average Bonchev–Trinajstić information content (AvgIpc) is 2.55. The van der Waals surface area contributed by atoms with Crippen LogP contribution in [0.1, 0.15) is 25.8 Å². The van der Waals surface area contributed by atoms with E-state index in [0.29, 0.717) is 5.75 Å². The fourth-order valence-corrected chi connectivity index (χ4v) is 2.10. The van der Waals surface area contributed by atoms with Gasteiger partial charge in [0.1, 0.15) is 5.75 Å². The maximum atomic E-state index is 13.6. The van der Waals surface area contributed by atoms with Crippen LogP contribution in [0.25, 0.3) is 5.70 Å². The van der Waals surface area contributed by atoms with E-state index in [2.05, 4.69) is 12.2 Å². The van der Waals surface area contributed by atoms with E-state index in [9.17, 15) is 4.39 Å². The number of halogens is 1. The first kappa shape index (κ1) is 15.9. The maximum Gasteiger partial charge on any atom is 0.165 e. The second-order valence-corrected chi connectivity index (χ2v) is 5.04. The zero-order valence-electron chi connectivity index (χ0n) is 13.1. The summed E-state index contributed by atoms with van der Waals surface area (Å²) in [4.78, 5) is 0. The van der Waals surface area contributed by atoms with Crippen molar-refractivity contribution in [1.29, 1.82) is 0 Å². The molecule has 0 aliphatic heterocycles. The third-order valence-electron chi connectivity index (χ3n) is 3.61. The minimum Gasteiger partial charge on any atom is -0.454 e. The van der Waals surface area contributed by atoms with Crippen molar-refractivity contribution in [3.8, 4) is 11.5 Å². The molecule has 4 heteroatoms. The van der Waals surface area contributed by atoms with E-state index in [0.717, 1.165) is 28.9 Å². The van der Waals surface area contributed by atoms with Gasteiger partial charge in [-0.25, -0.2) is 4.39 Å². The Morgan fingerprint density at radius 3 is 2.59 bits per heavy atom. The molecule has 2 aromatic rings. The van der Waals surface area contributed by atoms with Gasteiger partial charge in [0.25, 0.3) is 0 Å². The van der Waals surface area contributed by atoms with Gasteiger partial charge in [-0.3, -0.25) is 0 Å². The molecule has 0 fully saturated rings. The smallest absolute Gasteiger partial charge is 0.165 e. The number of nitrogens with one attached hydrogen (secondary N) is 1. The van der Waals surface area contributed by atoms with Crippen LogP contribution < -0.4 is 15.8 Å². The highest BCUT2D eigenvalue weighted by Crippen LogP contribution is 2.31. The Morgan fingerprint density at radius 2 is 1.95 bits per heavy atom. The van der Waals surface area contributed by atoms with Gasteiger partial charge < -0.3 is 15.8 Å². The Balaban J connectivity index is 2.36. The zero-order chi connectivity index (χ0) is 16.1. The lowest BCUT2D eigenvalue weighted by molar-refractivity contribution is 0.442. The molecule has 3 nitrogen and oxygen atoms in total. The molecular formula is C18H21FN2O. The predicted molar refractivity (Wildman–Crippen MR) is 89.5 cm³/mol. The van der Waals surface area contributed by atoms with Gasteiger partial charge in [0.15, 0.2) is 11.6 Å². The molecule has 0 amide bonds. The molecule has 0 unspecified atom stereocenters. The molecule has 116 valence electrons. The van der Waals surface area contributed by atoms with Crippen molar-refractivity contribution < 1.29 is 9.13 Å². The van der Waals surface area contributed by atoms with Gasteiger partial charge in [-0.2, -0.15) is 0 Å². The normalized spacial score (nSPS) is 11.8. The summed E-state index contributed by atoms with van der Waals surface area (Å²) < 4.78 is 19.3. The highest BCUT2D eigenvalue weighted by Gasteiger charge is 2.10. The molecule has 0 heterocycles. The molecule has 2 aromatic carbocycles. The Kier molecular flexibility index (Phi) is 5.04. The lowest BCUT2D eigenvalue weighted by Crippen LogP contribution is -2.04. The van der Waals surface area contributed by atoms with Crippen LogP contribution in [0.5, 0.6) is 11.5 Å². The maximum absolute atomic E-state index is 13.6. The van der Waals surface area contributed by atoms with Crippen molar-refractivity contribution in [2.24, 2.45) is 5.73 Å². The number of nitrogens with two attached hydrogens (primary N) is 1. The SMILES string of the molecule is CC/C(C)=C(\N)c1ccc(Oc2ccccc2F)cc1NC. The number of rotatable bonds is 5. The zero-order valence-corrected chi connectivity index (χ0v) is 13.1. The summed E-state index contributed by atoms with van der Waals surface area (Å²) in [5.41, 5.74) is 9.83. The second kappa shape index (κ2) is 6.98. The first-order chi connectivity index (χ1) is 10.6. The van der Waals surface area contributed by atoms with Gasteiger partial charge in [0, 0.05) is 30.1 Å². The number of hydrogen-bond acceptors (Lipinski definition) is 3. The van der Waals surface area contributed by atoms with Gasteiger partial charge in [-0.05, 0) is 43.2 Å². The van der Waals surface area contributed by atoms with E-state index in [1.54, 1.807) is 24.3 Å². The largest absolute Gasteiger partial charge is 0.454 e. The predicted octanol–water partition coefficient (Wildman–Crippen LogP) is 4.76. The van der Waals surface area contributed by atoms with Crippen LogP contribution >= 0.6 is 0 Å². The number of anilines is 1. The molecule has 0 aromatic heterocycles. The fraction of sp³-hybridized carbons (Fsp3) is 0.222. The summed E-state index contributed by atoms with van der Waals surface area (Å²) in [7, 11) is 1.82. The fourth-order valence-electron chi connectivity index (χ4n) is 2.10. The standard InChI is InChI=1S/C18H21FN2O/c1-4-12(2)18(20)14-10-9-13(11-16(14)21-3)22-17-8-6-5-7-15(17)19/h5-11,21H,4,20H2,1-3H3/b18-12-.